The third-order valence-electron chi connectivity index (χ3n) is 5.03. The normalized spacial score (nSPS) is 17.5. The van der Waals surface area contributed by atoms with Gasteiger partial charge in [-0.3, -0.25) is 4.79 Å². The number of anilines is 1. The van der Waals surface area contributed by atoms with E-state index in [-0.39, 0.29) is 24.7 Å². The maximum Gasteiger partial charge on any atom is 0.217 e. The van der Waals surface area contributed by atoms with Crippen molar-refractivity contribution in [3.8, 4) is 11.5 Å². The van der Waals surface area contributed by atoms with Crippen LogP contribution in [0.3, 0.4) is 0 Å². The zero-order valence-electron chi connectivity index (χ0n) is 18.2. The zero-order valence-corrected chi connectivity index (χ0v) is 18.2. The first kappa shape index (κ1) is 21.9. The van der Waals surface area contributed by atoms with Crippen LogP contribution in [0.15, 0.2) is 48.5 Å². The summed E-state index contributed by atoms with van der Waals surface area (Å²) in [4.78, 5) is 13.5. The first-order valence-corrected chi connectivity index (χ1v) is 10.4. The van der Waals surface area contributed by atoms with E-state index < -0.39 is 5.67 Å². The van der Waals surface area contributed by atoms with Gasteiger partial charge in [0.15, 0.2) is 0 Å². The van der Waals surface area contributed by atoms with Crippen LogP contribution in [0.25, 0.3) is 0 Å². The molecule has 3 rings (SSSR count). The van der Waals surface area contributed by atoms with E-state index >= 15 is 0 Å². The van der Waals surface area contributed by atoms with E-state index in [1.54, 1.807) is 0 Å². The quantitative estimate of drug-likeness (QED) is 0.682. The molecule has 1 N–H and O–H groups in total. The van der Waals surface area contributed by atoms with Crippen molar-refractivity contribution in [2.24, 2.45) is 0 Å². The van der Waals surface area contributed by atoms with Crippen LogP contribution in [-0.4, -0.2) is 37.4 Å². The monoisotopic (exact) mass is 414 g/mol. The summed E-state index contributed by atoms with van der Waals surface area (Å²) in [6, 6.07) is 15.6. The van der Waals surface area contributed by atoms with Gasteiger partial charge in [-0.25, -0.2) is 4.39 Å². The predicted molar refractivity (Wildman–Crippen MR) is 117 cm³/mol. The molecule has 0 saturated carbocycles. The summed E-state index contributed by atoms with van der Waals surface area (Å²) in [5.74, 6) is 1.46. The number of benzene rings is 2. The van der Waals surface area contributed by atoms with Gasteiger partial charge >= 0.3 is 0 Å². The Hall–Kier alpha value is -2.76. The molecule has 5 nitrogen and oxygen atoms in total. The largest absolute Gasteiger partial charge is 0.490 e. The van der Waals surface area contributed by atoms with Gasteiger partial charge in [0.1, 0.15) is 29.9 Å². The number of nitrogens with one attached hydrogen (secondary N) is 1. The Labute approximate surface area is 178 Å². The number of hydrogen-bond acceptors (Lipinski definition) is 4. The molecule has 2 atom stereocenters. The van der Waals surface area contributed by atoms with Gasteiger partial charge in [0.05, 0.1) is 12.6 Å². The topological polar surface area (TPSA) is 50.8 Å². The number of carbonyl (C=O) groups excluding carboxylic acids is 1. The number of amides is 1. The smallest absolute Gasteiger partial charge is 0.217 e. The highest BCUT2D eigenvalue weighted by atomic mass is 19.1. The molecular formula is C24H31FN2O3. The van der Waals surface area contributed by atoms with Crippen molar-refractivity contribution in [2.45, 2.75) is 51.9 Å². The molecule has 1 fully saturated rings. The summed E-state index contributed by atoms with van der Waals surface area (Å²) in [5, 5.41) is 2.88. The summed E-state index contributed by atoms with van der Waals surface area (Å²) in [7, 11) is 0. The second-order valence-electron chi connectivity index (χ2n) is 8.47. The second-order valence-corrected chi connectivity index (χ2v) is 8.47. The van der Waals surface area contributed by atoms with Crippen molar-refractivity contribution in [3.05, 3.63) is 54.1 Å². The predicted octanol–water partition coefficient (Wildman–Crippen LogP) is 4.67. The van der Waals surface area contributed by atoms with E-state index in [0.29, 0.717) is 5.75 Å². The minimum absolute atomic E-state index is 0.0264. The fourth-order valence-corrected chi connectivity index (χ4v) is 3.48. The van der Waals surface area contributed by atoms with Crippen molar-refractivity contribution >= 4 is 11.6 Å². The molecule has 1 saturated heterocycles. The van der Waals surface area contributed by atoms with Crippen LogP contribution in [0.4, 0.5) is 10.1 Å². The number of hydrogen-bond donors (Lipinski definition) is 1. The summed E-state index contributed by atoms with van der Waals surface area (Å²) in [6.45, 7) is 8.24. The SMILES string of the molecule is CC(=O)N[C@@H](C)c1ccc(OC2CCN(c3ccc(OCC(C)(C)F)cc3)C2)cc1. The molecule has 0 radical (unpaired) electrons. The van der Waals surface area contributed by atoms with Crippen molar-refractivity contribution in [2.75, 3.05) is 24.6 Å². The van der Waals surface area contributed by atoms with Gasteiger partial charge in [-0.05, 0) is 62.7 Å². The van der Waals surface area contributed by atoms with Gasteiger partial charge in [0, 0.05) is 25.6 Å². The first-order valence-electron chi connectivity index (χ1n) is 10.4. The molecule has 0 bridgehead atoms. The van der Waals surface area contributed by atoms with E-state index in [9.17, 15) is 9.18 Å². The molecule has 2 aromatic rings. The summed E-state index contributed by atoms with van der Waals surface area (Å²) >= 11 is 0. The Bertz CT molecular complexity index is 831. The number of rotatable bonds is 8. The molecule has 1 heterocycles. The average molecular weight is 415 g/mol. The van der Waals surface area contributed by atoms with Crippen LogP contribution in [0.2, 0.25) is 0 Å². The van der Waals surface area contributed by atoms with E-state index in [1.807, 2.05) is 55.5 Å². The number of nitrogens with zero attached hydrogens (tertiary/aromatic N) is 1. The fraction of sp³-hybridized carbons (Fsp3) is 0.458. The number of halogens is 1. The first-order chi connectivity index (χ1) is 14.2. The lowest BCUT2D eigenvalue weighted by atomic mass is 10.1. The Kier molecular flexibility index (Phi) is 6.85. The third kappa shape index (κ3) is 6.37. The summed E-state index contributed by atoms with van der Waals surface area (Å²) in [6.07, 6.45) is 1.06. The lowest BCUT2D eigenvalue weighted by Crippen LogP contribution is -2.25. The standard InChI is InChI=1S/C24H31FN2O3/c1-17(26-18(2)28)19-5-9-22(10-6-19)30-23-13-14-27(15-23)20-7-11-21(12-8-20)29-16-24(3,4)25/h5-12,17,23H,13-16H2,1-4H3,(H,26,28)/t17-,23?/m0/s1. The minimum Gasteiger partial charge on any atom is -0.490 e. The molecule has 1 amide bonds. The molecule has 6 heteroatoms. The van der Waals surface area contributed by atoms with E-state index in [4.69, 9.17) is 9.47 Å². The Morgan fingerprint density at radius 1 is 1.17 bits per heavy atom. The van der Waals surface area contributed by atoms with Gasteiger partial charge in [0.25, 0.3) is 0 Å². The molecule has 2 aromatic carbocycles. The molecule has 162 valence electrons. The molecule has 30 heavy (non-hydrogen) atoms. The van der Waals surface area contributed by atoms with Crippen LogP contribution in [0.5, 0.6) is 11.5 Å². The maximum atomic E-state index is 13.6. The van der Waals surface area contributed by atoms with Crippen molar-refractivity contribution < 1.29 is 18.7 Å². The van der Waals surface area contributed by atoms with Crippen LogP contribution in [0.1, 0.15) is 45.7 Å². The molecule has 0 spiro atoms. The Morgan fingerprint density at radius 3 is 2.40 bits per heavy atom. The summed E-state index contributed by atoms with van der Waals surface area (Å²) < 4.78 is 25.2. The maximum absolute atomic E-state index is 13.6. The summed E-state index contributed by atoms with van der Waals surface area (Å²) in [5.41, 5.74) is 0.801. The molecule has 1 aliphatic heterocycles. The molecule has 0 aliphatic carbocycles. The Morgan fingerprint density at radius 2 is 1.80 bits per heavy atom. The Balaban J connectivity index is 1.51. The van der Waals surface area contributed by atoms with E-state index in [2.05, 4.69) is 10.2 Å². The average Bonchev–Trinajstić information content (AvgIpc) is 3.15. The second kappa shape index (κ2) is 9.37. The van der Waals surface area contributed by atoms with E-state index in [1.165, 1.54) is 20.8 Å². The number of ether oxygens (including phenoxy) is 2. The van der Waals surface area contributed by atoms with Crippen LogP contribution >= 0.6 is 0 Å². The molecule has 1 aliphatic rings. The highest BCUT2D eigenvalue weighted by molar-refractivity contribution is 5.73. The fourth-order valence-electron chi connectivity index (χ4n) is 3.48. The molecule has 1 unspecified atom stereocenters. The third-order valence-corrected chi connectivity index (χ3v) is 5.03. The highest BCUT2D eigenvalue weighted by Gasteiger charge is 2.24. The van der Waals surface area contributed by atoms with Crippen LogP contribution in [-0.2, 0) is 4.79 Å². The lowest BCUT2D eigenvalue weighted by Gasteiger charge is -2.20. The van der Waals surface area contributed by atoms with Crippen LogP contribution in [0, 0.1) is 0 Å². The molecular weight excluding hydrogens is 383 g/mol. The van der Waals surface area contributed by atoms with Gasteiger partial charge < -0.3 is 19.7 Å². The van der Waals surface area contributed by atoms with Crippen molar-refractivity contribution in [1.29, 1.82) is 0 Å². The zero-order chi connectivity index (χ0) is 21.7. The number of carbonyl (C=O) groups is 1. The van der Waals surface area contributed by atoms with Crippen molar-refractivity contribution in [3.63, 3.8) is 0 Å². The molecule has 0 aromatic heterocycles. The van der Waals surface area contributed by atoms with E-state index in [0.717, 1.165) is 36.5 Å². The lowest BCUT2D eigenvalue weighted by molar-refractivity contribution is -0.119. The van der Waals surface area contributed by atoms with Gasteiger partial charge in [0.2, 0.25) is 5.91 Å². The van der Waals surface area contributed by atoms with Crippen LogP contribution < -0.4 is 19.7 Å². The minimum atomic E-state index is -1.35. The van der Waals surface area contributed by atoms with Crippen molar-refractivity contribution in [1.82, 2.24) is 5.32 Å². The van der Waals surface area contributed by atoms with Gasteiger partial charge in [-0.15, -0.1) is 0 Å². The van der Waals surface area contributed by atoms with Gasteiger partial charge in [-0.2, -0.15) is 0 Å². The van der Waals surface area contributed by atoms with Gasteiger partial charge in [-0.1, -0.05) is 12.1 Å². The highest BCUT2D eigenvalue weighted by Crippen LogP contribution is 2.26. The number of alkyl halides is 1.